The molecule has 90 valence electrons. The number of benzene rings is 1. The SMILES string of the molecule is CC(C)n1cnc(-c2ccc(Cl)cc2Cl)c1N. The third-order valence-corrected chi connectivity index (χ3v) is 3.12. The number of anilines is 1. The minimum absolute atomic E-state index is 0.266. The number of hydrogen-bond donors (Lipinski definition) is 1. The van der Waals surface area contributed by atoms with Crippen LogP contribution in [0, 0.1) is 0 Å². The monoisotopic (exact) mass is 269 g/mol. The molecule has 3 nitrogen and oxygen atoms in total. The zero-order valence-electron chi connectivity index (χ0n) is 9.61. The van der Waals surface area contributed by atoms with Crippen molar-refractivity contribution in [1.82, 2.24) is 9.55 Å². The maximum Gasteiger partial charge on any atom is 0.131 e. The molecular formula is C12H13Cl2N3. The normalized spacial score (nSPS) is 11.1. The van der Waals surface area contributed by atoms with Crippen molar-refractivity contribution in [2.75, 3.05) is 5.73 Å². The van der Waals surface area contributed by atoms with Gasteiger partial charge in [0.25, 0.3) is 0 Å². The summed E-state index contributed by atoms with van der Waals surface area (Å²) in [5.74, 6) is 0.615. The molecule has 0 aliphatic heterocycles. The van der Waals surface area contributed by atoms with E-state index in [2.05, 4.69) is 4.98 Å². The predicted molar refractivity (Wildman–Crippen MR) is 72.5 cm³/mol. The van der Waals surface area contributed by atoms with Crippen molar-refractivity contribution in [3.05, 3.63) is 34.6 Å². The van der Waals surface area contributed by atoms with Crippen LogP contribution in [-0.4, -0.2) is 9.55 Å². The zero-order valence-corrected chi connectivity index (χ0v) is 11.1. The van der Waals surface area contributed by atoms with Crippen molar-refractivity contribution < 1.29 is 0 Å². The average Bonchev–Trinajstić information content (AvgIpc) is 2.60. The number of rotatable bonds is 2. The summed E-state index contributed by atoms with van der Waals surface area (Å²) in [5.41, 5.74) is 7.55. The Morgan fingerprint density at radius 1 is 1.29 bits per heavy atom. The van der Waals surface area contributed by atoms with E-state index in [-0.39, 0.29) is 6.04 Å². The van der Waals surface area contributed by atoms with Gasteiger partial charge in [0, 0.05) is 16.6 Å². The van der Waals surface area contributed by atoms with E-state index in [1.54, 1.807) is 18.5 Å². The van der Waals surface area contributed by atoms with Gasteiger partial charge in [0.1, 0.15) is 11.5 Å². The Morgan fingerprint density at radius 2 is 2.00 bits per heavy atom. The first-order valence-corrected chi connectivity index (χ1v) is 6.04. The molecule has 0 unspecified atom stereocenters. The van der Waals surface area contributed by atoms with Crippen LogP contribution in [0.3, 0.4) is 0 Å². The molecule has 2 N–H and O–H groups in total. The van der Waals surface area contributed by atoms with Crippen molar-refractivity contribution in [2.24, 2.45) is 0 Å². The molecule has 0 bridgehead atoms. The molecule has 0 saturated heterocycles. The minimum Gasteiger partial charge on any atom is -0.383 e. The van der Waals surface area contributed by atoms with Gasteiger partial charge >= 0.3 is 0 Å². The molecule has 2 rings (SSSR count). The van der Waals surface area contributed by atoms with Gasteiger partial charge in [0.15, 0.2) is 0 Å². The van der Waals surface area contributed by atoms with Gasteiger partial charge in [-0.2, -0.15) is 0 Å². The van der Waals surface area contributed by atoms with E-state index in [0.717, 1.165) is 5.56 Å². The van der Waals surface area contributed by atoms with Crippen molar-refractivity contribution in [3.8, 4) is 11.3 Å². The highest BCUT2D eigenvalue weighted by atomic mass is 35.5. The molecule has 0 spiro atoms. The molecule has 2 aromatic rings. The molecule has 17 heavy (non-hydrogen) atoms. The molecule has 1 heterocycles. The largest absolute Gasteiger partial charge is 0.383 e. The van der Waals surface area contributed by atoms with Crippen LogP contribution in [0.1, 0.15) is 19.9 Å². The summed E-state index contributed by atoms with van der Waals surface area (Å²) >= 11 is 12.0. The van der Waals surface area contributed by atoms with E-state index in [1.165, 1.54) is 0 Å². The number of nitrogens with zero attached hydrogens (tertiary/aromatic N) is 2. The summed E-state index contributed by atoms with van der Waals surface area (Å²) in [4.78, 5) is 4.31. The highest BCUT2D eigenvalue weighted by molar-refractivity contribution is 6.36. The highest BCUT2D eigenvalue weighted by Crippen LogP contribution is 2.33. The fraction of sp³-hybridized carbons (Fsp3) is 0.250. The fourth-order valence-corrected chi connectivity index (χ4v) is 2.17. The number of halogens is 2. The Labute approximate surface area is 110 Å². The summed E-state index contributed by atoms with van der Waals surface area (Å²) in [6.07, 6.45) is 1.72. The first-order valence-electron chi connectivity index (χ1n) is 5.28. The average molecular weight is 270 g/mol. The molecule has 0 saturated carbocycles. The number of imidazole rings is 1. The lowest BCUT2D eigenvalue weighted by atomic mass is 10.1. The van der Waals surface area contributed by atoms with Gasteiger partial charge in [-0.15, -0.1) is 0 Å². The number of nitrogens with two attached hydrogens (primary N) is 1. The van der Waals surface area contributed by atoms with Crippen molar-refractivity contribution >= 4 is 29.0 Å². The Bertz CT molecular complexity index is 547. The van der Waals surface area contributed by atoms with Gasteiger partial charge in [-0.05, 0) is 32.0 Å². The molecule has 0 fully saturated rings. The first-order chi connectivity index (χ1) is 8.00. The molecule has 0 atom stereocenters. The molecule has 1 aromatic carbocycles. The number of hydrogen-bond acceptors (Lipinski definition) is 2. The van der Waals surface area contributed by atoms with Gasteiger partial charge in [0.05, 0.1) is 11.3 Å². The van der Waals surface area contributed by atoms with E-state index in [9.17, 15) is 0 Å². The van der Waals surface area contributed by atoms with Gasteiger partial charge in [0.2, 0.25) is 0 Å². The van der Waals surface area contributed by atoms with Crippen LogP contribution < -0.4 is 5.73 Å². The summed E-state index contributed by atoms with van der Waals surface area (Å²) < 4.78 is 1.90. The van der Waals surface area contributed by atoms with E-state index in [4.69, 9.17) is 28.9 Å². The molecule has 0 radical (unpaired) electrons. The van der Waals surface area contributed by atoms with Crippen molar-refractivity contribution in [3.63, 3.8) is 0 Å². The van der Waals surface area contributed by atoms with Gasteiger partial charge in [-0.3, -0.25) is 0 Å². The van der Waals surface area contributed by atoms with Crippen LogP contribution in [0.5, 0.6) is 0 Å². The smallest absolute Gasteiger partial charge is 0.131 e. The molecule has 0 aliphatic rings. The van der Waals surface area contributed by atoms with E-state index >= 15 is 0 Å². The Balaban J connectivity index is 2.54. The van der Waals surface area contributed by atoms with Crippen LogP contribution in [0.4, 0.5) is 5.82 Å². The zero-order chi connectivity index (χ0) is 12.6. The number of aromatic nitrogens is 2. The maximum absolute atomic E-state index is 6.14. The van der Waals surface area contributed by atoms with Gasteiger partial charge < -0.3 is 10.3 Å². The quantitative estimate of drug-likeness (QED) is 0.895. The van der Waals surface area contributed by atoms with E-state index in [1.807, 2.05) is 24.5 Å². The second-order valence-corrected chi connectivity index (χ2v) is 4.95. The van der Waals surface area contributed by atoms with Crippen LogP contribution >= 0.6 is 23.2 Å². The Kier molecular flexibility index (Phi) is 3.31. The van der Waals surface area contributed by atoms with Crippen LogP contribution in [-0.2, 0) is 0 Å². The summed E-state index contributed by atoms with van der Waals surface area (Å²) in [6, 6.07) is 5.55. The lowest BCUT2D eigenvalue weighted by Gasteiger charge is -2.09. The fourth-order valence-electron chi connectivity index (χ4n) is 1.67. The second kappa shape index (κ2) is 4.59. The second-order valence-electron chi connectivity index (χ2n) is 4.10. The van der Waals surface area contributed by atoms with Crippen LogP contribution in [0.25, 0.3) is 11.3 Å². The maximum atomic E-state index is 6.14. The lowest BCUT2D eigenvalue weighted by molar-refractivity contribution is 0.607. The lowest BCUT2D eigenvalue weighted by Crippen LogP contribution is -2.04. The van der Waals surface area contributed by atoms with Gasteiger partial charge in [-0.25, -0.2) is 4.98 Å². The molecule has 1 aromatic heterocycles. The van der Waals surface area contributed by atoms with E-state index < -0.39 is 0 Å². The first kappa shape index (κ1) is 12.3. The van der Waals surface area contributed by atoms with Crippen LogP contribution in [0.2, 0.25) is 10.0 Å². The number of nitrogen functional groups attached to an aromatic ring is 1. The molecule has 0 amide bonds. The van der Waals surface area contributed by atoms with Crippen molar-refractivity contribution in [2.45, 2.75) is 19.9 Å². The summed E-state index contributed by atoms with van der Waals surface area (Å²) in [7, 11) is 0. The predicted octanol–water partition coefficient (Wildman–Crippen LogP) is 4.02. The standard InChI is InChI=1S/C12H13Cl2N3/c1-7(2)17-6-16-11(12(17)15)9-4-3-8(13)5-10(9)14/h3-7H,15H2,1-2H3. The molecular weight excluding hydrogens is 257 g/mol. The van der Waals surface area contributed by atoms with Gasteiger partial charge in [-0.1, -0.05) is 23.2 Å². The summed E-state index contributed by atoms with van der Waals surface area (Å²) in [6.45, 7) is 4.09. The molecule has 0 aliphatic carbocycles. The van der Waals surface area contributed by atoms with E-state index in [0.29, 0.717) is 21.6 Å². The highest BCUT2D eigenvalue weighted by Gasteiger charge is 2.14. The minimum atomic E-state index is 0.266. The topological polar surface area (TPSA) is 43.8 Å². The summed E-state index contributed by atoms with van der Waals surface area (Å²) in [5, 5.41) is 1.15. The van der Waals surface area contributed by atoms with Crippen LogP contribution in [0.15, 0.2) is 24.5 Å². The van der Waals surface area contributed by atoms with Crippen molar-refractivity contribution in [1.29, 1.82) is 0 Å². The Hall–Kier alpha value is -1.19. The molecule has 5 heteroatoms. The third-order valence-electron chi connectivity index (χ3n) is 2.57. The Morgan fingerprint density at radius 3 is 2.53 bits per heavy atom. The third kappa shape index (κ3) is 2.26.